The van der Waals surface area contributed by atoms with Crippen molar-refractivity contribution in [2.24, 2.45) is 0 Å². The third kappa shape index (κ3) is 3.49. The monoisotopic (exact) mass is 292 g/mol. The highest BCUT2D eigenvalue weighted by Crippen LogP contribution is 2.33. The maximum absolute atomic E-state index is 5.39. The van der Waals surface area contributed by atoms with Crippen molar-refractivity contribution in [3.8, 4) is 10.6 Å². The minimum absolute atomic E-state index is 0.115. The van der Waals surface area contributed by atoms with Crippen molar-refractivity contribution < 1.29 is 4.42 Å². The van der Waals surface area contributed by atoms with Crippen LogP contribution in [0.1, 0.15) is 56.9 Å². The molecule has 0 amide bonds. The number of aryl methyl sites for hydroxylation is 1. The van der Waals surface area contributed by atoms with Crippen LogP contribution in [0.25, 0.3) is 10.6 Å². The smallest absolute Gasteiger partial charge is 0.127 e. The summed E-state index contributed by atoms with van der Waals surface area (Å²) in [6.07, 6.45) is 1.73. The molecule has 0 saturated heterocycles. The lowest BCUT2D eigenvalue weighted by Gasteiger charge is -2.20. The van der Waals surface area contributed by atoms with Gasteiger partial charge < -0.3 is 9.73 Å². The minimum Gasteiger partial charge on any atom is -0.469 e. The van der Waals surface area contributed by atoms with E-state index in [1.165, 1.54) is 10.6 Å². The van der Waals surface area contributed by atoms with Gasteiger partial charge >= 0.3 is 0 Å². The molecule has 2 aromatic rings. The quantitative estimate of drug-likeness (QED) is 0.885. The summed E-state index contributed by atoms with van der Waals surface area (Å²) in [5, 5.41) is 4.61. The van der Waals surface area contributed by atoms with Crippen LogP contribution < -0.4 is 5.32 Å². The molecule has 110 valence electrons. The molecule has 0 aliphatic heterocycles. The van der Waals surface area contributed by atoms with Gasteiger partial charge in [-0.25, -0.2) is 4.98 Å². The summed E-state index contributed by atoms with van der Waals surface area (Å²) < 4.78 is 5.39. The zero-order valence-electron chi connectivity index (χ0n) is 13.2. The SMILES string of the molecule is Cc1occc1-c1nc(C(C)C)c(CNC(C)(C)C)s1. The highest BCUT2D eigenvalue weighted by atomic mass is 32.1. The van der Waals surface area contributed by atoms with Crippen molar-refractivity contribution in [1.29, 1.82) is 0 Å². The molecular weight excluding hydrogens is 268 g/mol. The molecule has 2 rings (SSSR count). The summed E-state index contributed by atoms with van der Waals surface area (Å²) in [5.41, 5.74) is 2.42. The molecular formula is C16H24N2OS. The van der Waals surface area contributed by atoms with Gasteiger partial charge in [0.1, 0.15) is 10.8 Å². The van der Waals surface area contributed by atoms with Crippen molar-refractivity contribution in [3.63, 3.8) is 0 Å². The van der Waals surface area contributed by atoms with E-state index in [1.54, 1.807) is 17.6 Å². The molecule has 0 atom stereocenters. The number of rotatable bonds is 4. The Labute approximate surface area is 125 Å². The molecule has 0 spiro atoms. The third-order valence-corrected chi connectivity index (χ3v) is 4.25. The van der Waals surface area contributed by atoms with Crippen LogP contribution in [0, 0.1) is 6.92 Å². The average molecular weight is 292 g/mol. The second kappa shape index (κ2) is 5.70. The minimum atomic E-state index is 0.115. The van der Waals surface area contributed by atoms with E-state index in [9.17, 15) is 0 Å². The standard InChI is InChI=1S/C16H24N2OS/c1-10(2)14-13(9-17-16(4,5)6)20-15(18-14)12-7-8-19-11(12)3/h7-8,10,17H,9H2,1-6H3. The lowest BCUT2D eigenvalue weighted by Crippen LogP contribution is -2.35. The summed E-state index contributed by atoms with van der Waals surface area (Å²) in [5.74, 6) is 1.37. The first-order valence-electron chi connectivity index (χ1n) is 7.07. The Morgan fingerprint density at radius 3 is 2.55 bits per heavy atom. The van der Waals surface area contributed by atoms with Crippen LogP contribution in [0.5, 0.6) is 0 Å². The van der Waals surface area contributed by atoms with E-state index in [1.807, 2.05) is 13.0 Å². The lowest BCUT2D eigenvalue weighted by molar-refractivity contribution is 0.425. The van der Waals surface area contributed by atoms with E-state index >= 15 is 0 Å². The Hall–Kier alpha value is -1.13. The summed E-state index contributed by atoms with van der Waals surface area (Å²) in [6, 6.07) is 2.00. The molecule has 0 fully saturated rings. The van der Waals surface area contributed by atoms with Gasteiger partial charge in [0.25, 0.3) is 0 Å². The summed E-state index contributed by atoms with van der Waals surface area (Å²) in [6.45, 7) is 13.8. The number of thiazole rings is 1. The first-order chi connectivity index (χ1) is 9.28. The Balaban J connectivity index is 2.31. The first-order valence-corrected chi connectivity index (χ1v) is 7.88. The predicted molar refractivity (Wildman–Crippen MR) is 85.2 cm³/mol. The number of hydrogen-bond acceptors (Lipinski definition) is 4. The van der Waals surface area contributed by atoms with E-state index in [0.717, 1.165) is 22.9 Å². The Morgan fingerprint density at radius 1 is 1.35 bits per heavy atom. The predicted octanol–water partition coefficient (Wildman–Crippen LogP) is 4.72. The van der Waals surface area contributed by atoms with Gasteiger partial charge in [0.2, 0.25) is 0 Å². The fourth-order valence-corrected chi connectivity index (χ4v) is 3.24. The van der Waals surface area contributed by atoms with E-state index in [4.69, 9.17) is 9.40 Å². The van der Waals surface area contributed by atoms with Crippen molar-refractivity contribution in [1.82, 2.24) is 10.3 Å². The van der Waals surface area contributed by atoms with E-state index < -0.39 is 0 Å². The number of furan rings is 1. The highest BCUT2D eigenvalue weighted by molar-refractivity contribution is 7.15. The van der Waals surface area contributed by atoms with Crippen LogP contribution in [0.4, 0.5) is 0 Å². The van der Waals surface area contributed by atoms with Crippen molar-refractivity contribution in [2.45, 2.75) is 59.5 Å². The largest absolute Gasteiger partial charge is 0.469 e. The van der Waals surface area contributed by atoms with E-state index in [2.05, 4.69) is 39.9 Å². The van der Waals surface area contributed by atoms with Gasteiger partial charge in [-0.1, -0.05) is 13.8 Å². The molecule has 2 heterocycles. The lowest BCUT2D eigenvalue weighted by atomic mass is 10.1. The molecule has 0 bridgehead atoms. The molecule has 1 N–H and O–H groups in total. The number of hydrogen-bond donors (Lipinski definition) is 1. The zero-order chi connectivity index (χ0) is 14.9. The van der Waals surface area contributed by atoms with Gasteiger partial charge in [0.15, 0.2) is 0 Å². The van der Waals surface area contributed by atoms with Crippen LogP contribution in [-0.4, -0.2) is 10.5 Å². The van der Waals surface area contributed by atoms with E-state index in [-0.39, 0.29) is 5.54 Å². The topological polar surface area (TPSA) is 38.1 Å². The van der Waals surface area contributed by atoms with Crippen LogP contribution in [-0.2, 0) is 6.54 Å². The summed E-state index contributed by atoms with van der Waals surface area (Å²) in [7, 11) is 0. The maximum Gasteiger partial charge on any atom is 0.127 e. The van der Waals surface area contributed by atoms with Crippen LogP contribution in [0.2, 0.25) is 0 Å². The van der Waals surface area contributed by atoms with E-state index in [0.29, 0.717) is 5.92 Å². The van der Waals surface area contributed by atoms with Crippen molar-refractivity contribution >= 4 is 11.3 Å². The van der Waals surface area contributed by atoms with Crippen molar-refractivity contribution in [2.75, 3.05) is 0 Å². The fraction of sp³-hybridized carbons (Fsp3) is 0.562. The van der Waals surface area contributed by atoms with Gasteiger partial charge in [-0.05, 0) is 39.7 Å². The Bertz CT molecular complexity index is 576. The van der Waals surface area contributed by atoms with Gasteiger partial charge in [0, 0.05) is 17.0 Å². The molecule has 0 aliphatic rings. The second-order valence-electron chi connectivity index (χ2n) is 6.48. The summed E-state index contributed by atoms with van der Waals surface area (Å²) >= 11 is 1.77. The highest BCUT2D eigenvalue weighted by Gasteiger charge is 2.19. The van der Waals surface area contributed by atoms with Crippen LogP contribution in [0.15, 0.2) is 16.7 Å². The number of aromatic nitrogens is 1. The zero-order valence-corrected chi connectivity index (χ0v) is 14.0. The molecule has 0 aliphatic carbocycles. The molecule has 0 radical (unpaired) electrons. The fourth-order valence-electron chi connectivity index (χ4n) is 2.01. The molecule has 3 nitrogen and oxygen atoms in total. The molecule has 0 saturated carbocycles. The number of nitrogens with one attached hydrogen (secondary N) is 1. The second-order valence-corrected chi connectivity index (χ2v) is 7.56. The van der Waals surface area contributed by atoms with Gasteiger partial charge in [-0.3, -0.25) is 0 Å². The average Bonchev–Trinajstić information content (AvgIpc) is 2.91. The first kappa shape index (κ1) is 15.3. The molecule has 0 aromatic carbocycles. The number of nitrogens with zero attached hydrogens (tertiary/aromatic N) is 1. The Kier molecular flexibility index (Phi) is 4.35. The third-order valence-electron chi connectivity index (χ3n) is 3.14. The maximum atomic E-state index is 5.39. The Morgan fingerprint density at radius 2 is 2.05 bits per heavy atom. The van der Waals surface area contributed by atoms with Gasteiger partial charge in [-0.2, -0.15) is 0 Å². The van der Waals surface area contributed by atoms with Gasteiger partial charge in [-0.15, -0.1) is 11.3 Å². The molecule has 4 heteroatoms. The normalized spacial score (nSPS) is 12.3. The van der Waals surface area contributed by atoms with Crippen LogP contribution in [0.3, 0.4) is 0 Å². The molecule has 20 heavy (non-hydrogen) atoms. The molecule has 2 aromatic heterocycles. The van der Waals surface area contributed by atoms with Crippen LogP contribution >= 0.6 is 11.3 Å². The molecule has 0 unspecified atom stereocenters. The van der Waals surface area contributed by atoms with Crippen molar-refractivity contribution in [3.05, 3.63) is 28.7 Å². The van der Waals surface area contributed by atoms with Gasteiger partial charge in [0.05, 0.1) is 17.5 Å². The summed E-state index contributed by atoms with van der Waals surface area (Å²) in [4.78, 5) is 6.16.